The number of hydrogen-bond donors (Lipinski definition) is 1. The van der Waals surface area contributed by atoms with Gasteiger partial charge in [-0.25, -0.2) is 0 Å². The monoisotopic (exact) mass is 142 g/mol. The standard InChI is InChI=1S/C7H14N2O/c1-6-3-4-8-5-9(2)7(6)10/h6,8H,3-5H2,1-2H3. The highest BCUT2D eigenvalue weighted by Gasteiger charge is 2.19. The zero-order valence-corrected chi connectivity index (χ0v) is 6.55. The predicted molar refractivity (Wildman–Crippen MR) is 39.4 cm³/mol. The maximum absolute atomic E-state index is 11.2. The molecule has 0 saturated carbocycles. The molecule has 3 heteroatoms. The van der Waals surface area contributed by atoms with Crippen molar-refractivity contribution in [3.63, 3.8) is 0 Å². The summed E-state index contributed by atoms with van der Waals surface area (Å²) < 4.78 is 0. The van der Waals surface area contributed by atoms with Crippen molar-refractivity contribution in [2.45, 2.75) is 13.3 Å². The van der Waals surface area contributed by atoms with E-state index in [9.17, 15) is 4.79 Å². The molecule has 0 aromatic carbocycles. The van der Waals surface area contributed by atoms with Crippen LogP contribution in [-0.4, -0.2) is 31.1 Å². The van der Waals surface area contributed by atoms with Gasteiger partial charge in [0, 0.05) is 13.0 Å². The van der Waals surface area contributed by atoms with Crippen LogP contribution in [0.25, 0.3) is 0 Å². The van der Waals surface area contributed by atoms with Crippen LogP contribution in [0.2, 0.25) is 0 Å². The quantitative estimate of drug-likeness (QED) is 0.517. The molecule has 10 heavy (non-hydrogen) atoms. The molecule has 0 aromatic heterocycles. The molecule has 1 rings (SSSR count). The van der Waals surface area contributed by atoms with E-state index in [-0.39, 0.29) is 11.8 Å². The van der Waals surface area contributed by atoms with Crippen molar-refractivity contribution in [2.75, 3.05) is 20.3 Å². The predicted octanol–water partition coefficient (Wildman–Crippen LogP) is 0.0317. The van der Waals surface area contributed by atoms with Gasteiger partial charge < -0.3 is 4.90 Å². The Hall–Kier alpha value is -0.570. The minimum absolute atomic E-state index is 0.194. The highest BCUT2D eigenvalue weighted by atomic mass is 16.2. The average Bonchev–Trinajstić information content (AvgIpc) is 2.04. The molecule has 1 aliphatic rings. The molecule has 1 amide bonds. The Morgan fingerprint density at radius 3 is 3.10 bits per heavy atom. The van der Waals surface area contributed by atoms with E-state index in [2.05, 4.69) is 5.32 Å². The first-order valence-corrected chi connectivity index (χ1v) is 3.67. The number of carbonyl (C=O) groups is 1. The number of nitrogens with zero attached hydrogens (tertiary/aromatic N) is 1. The maximum atomic E-state index is 11.2. The summed E-state index contributed by atoms with van der Waals surface area (Å²) in [6.07, 6.45) is 0.961. The van der Waals surface area contributed by atoms with Gasteiger partial charge >= 0.3 is 0 Å². The molecule has 0 bridgehead atoms. The Kier molecular flexibility index (Phi) is 2.27. The third kappa shape index (κ3) is 1.48. The SMILES string of the molecule is CC1CCNCN(C)C1=O. The summed E-state index contributed by atoms with van der Waals surface area (Å²) in [4.78, 5) is 13.0. The molecule has 1 atom stereocenters. The summed E-state index contributed by atoms with van der Waals surface area (Å²) >= 11 is 0. The summed E-state index contributed by atoms with van der Waals surface area (Å²) in [7, 11) is 1.83. The zero-order valence-electron chi connectivity index (χ0n) is 6.55. The summed E-state index contributed by atoms with van der Waals surface area (Å²) in [5, 5.41) is 3.16. The highest BCUT2D eigenvalue weighted by Crippen LogP contribution is 2.06. The summed E-state index contributed by atoms with van der Waals surface area (Å²) in [5.41, 5.74) is 0. The second-order valence-corrected chi connectivity index (χ2v) is 2.88. The van der Waals surface area contributed by atoms with E-state index >= 15 is 0 Å². The van der Waals surface area contributed by atoms with Gasteiger partial charge in [-0.3, -0.25) is 10.1 Å². The minimum Gasteiger partial charge on any atom is -0.333 e. The zero-order chi connectivity index (χ0) is 7.56. The Morgan fingerprint density at radius 2 is 2.40 bits per heavy atom. The molecule has 1 fully saturated rings. The lowest BCUT2D eigenvalue weighted by Crippen LogP contribution is -2.34. The Bertz CT molecular complexity index is 122. The molecule has 0 aliphatic carbocycles. The number of rotatable bonds is 0. The van der Waals surface area contributed by atoms with Crippen LogP contribution in [0.1, 0.15) is 13.3 Å². The first kappa shape index (κ1) is 7.54. The molecule has 3 nitrogen and oxygen atoms in total. The second-order valence-electron chi connectivity index (χ2n) is 2.88. The van der Waals surface area contributed by atoms with Crippen LogP contribution in [0.15, 0.2) is 0 Å². The summed E-state index contributed by atoms with van der Waals surface area (Å²) in [5.74, 6) is 0.449. The molecule has 58 valence electrons. The van der Waals surface area contributed by atoms with Crippen molar-refractivity contribution in [1.29, 1.82) is 0 Å². The molecule has 1 unspecified atom stereocenters. The molecule has 1 N–H and O–H groups in total. The van der Waals surface area contributed by atoms with Crippen LogP contribution in [0, 0.1) is 5.92 Å². The Morgan fingerprint density at radius 1 is 1.70 bits per heavy atom. The van der Waals surface area contributed by atoms with Gasteiger partial charge in [-0.2, -0.15) is 0 Å². The molecular weight excluding hydrogens is 128 g/mol. The van der Waals surface area contributed by atoms with Crippen molar-refractivity contribution < 1.29 is 4.79 Å². The first-order chi connectivity index (χ1) is 4.72. The van der Waals surface area contributed by atoms with Gasteiger partial charge in [0.2, 0.25) is 5.91 Å². The fourth-order valence-corrected chi connectivity index (χ4v) is 1.14. The molecular formula is C7H14N2O. The van der Waals surface area contributed by atoms with E-state index in [1.165, 1.54) is 0 Å². The molecule has 1 saturated heterocycles. The van der Waals surface area contributed by atoms with Gasteiger partial charge in [0.05, 0.1) is 6.67 Å². The molecule has 1 aliphatic heterocycles. The number of nitrogens with one attached hydrogen (secondary N) is 1. The van der Waals surface area contributed by atoms with Gasteiger partial charge in [-0.15, -0.1) is 0 Å². The van der Waals surface area contributed by atoms with Crippen molar-refractivity contribution in [3.05, 3.63) is 0 Å². The van der Waals surface area contributed by atoms with Crippen LogP contribution in [-0.2, 0) is 4.79 Å². The summed E-state index contributed by atoms with van der Waals surface area (Å²) in [6.45, 7) is 3.63. The average molecular weight is 142 g/mol. The highest BCUT2D eigenvalue weighted by molar-refractivity contribution is 5.78. The topological polar surface area (TPSA) is 32.3 Å². The second kappa shape index (κ2) is 3.01. The summed E-state index contributed by atoms with van der Waals surface area (Å²) in [6, 6.07) is 0. The van der Waals surface area contributed by atoms with Gasteiger partial charge in [0.15, 0.2) is 0 Å². The van der Waals surface area contributed by atoms with E-state index in [0.717, 1.165) is 13.0 Å². The molecule has 0 aromatic rings. The van der Waals surface area contributed by atoms with Crippen LogP contribution in [0.4, 0.5) is 0 Å². The maximum Gasteiger partial charge on any atom is 0.226 e. The van der Waals surface area contributed by atoms with Gasteiger partial charge in [-0.1, -0.05) is 6.92 Å². The van der Waals surface area contributed by atoms with Crippen molar-refractivity contribution in [2.24, 2.45) is 5.92 Å². The lowest BCUT2D eigenvalue weighted by Gasteiger charge is -2.15. The van der Waals surface area contributed by atoms with Crippen molar-refractivity contribution >= 4 is 5.91 Å². The van der Waals surface area contributed by atoms with Crippen LogP contribution >= 0.6 is 0 Å². The van der Waals surface area contributed by atoms with Crippen molar-refractivity contribution in [1.82, 2.24) is 10.2 Å². The van der Waals surface area contributed by atoms with E-state index in [1.807, 2.05) is 14.0 Å². The van der Waals surface area contributed by atoms with Gasteiger partial charge in [0.1, 0.15) is 0 Å². The van der Waals surface area contributed by atoms with E-state index in [0.29, 0.717) is 6.67 Å². The molecule has 1 heterocycles. The lowest BCUT2D eigenvalue weighted by molar-refractivity contribution is -0.133. The Balaban J connectivity index is 2.55. The molecule has 0 radical (unpaired) electrons. The normalized spacial score (nSPS) is 28.4. The molecule has 0 spiro atoms. The fraction of sp³-hybridized carbons (Fsp3) is 0.857. The minimum atomic E-state index is 0.194. The first-order valence-electron chi connectivity index (χ1n) is 3.67. The van der Waals surface area contributed by atoms with Gasteiger partial charge in [0.25, 0.3) is 0 Å². The Labute approximate surface area is 61.4 Å². The van der Waals surface area contributed by atoms with E-state index in [4.69, 9.17) is 0 Å². The van der Waals surface area contributed by atoms with Gasteiger partial charge in [-0.05, 0) is 13.0 Å². The van der Waals surface area contributed by atoms with Crippen molar-refractivity contribution in [3.8, 4) is 0 Å². The van der Waals surface area contributed by atoms with E-state index < -0.39 is 0 Å². The van der Waals surface area contributed by atoms with E-state index in [1.54, 1.807) is 4.90 Å². The fourth-order valence-electron chi connectivity index (χ4n) is 1.14. The lowest BCUT2D eigenvalue weighted by atomic mass is 10.1. The van der Waals surface area contributed by atoms with Crippen LogP contribution in [0.3, 0.4) is 0 Å². The van der Waals surface area contributed by atoms with Crippen LogP contribution in [0.5, 0.6) is 0 Å². The number of carbonyl (C=O) groups excluding carboxylic acids is 1. The third-order valence-electron chi connectivity index (χ3n) is 1.90. The number of amides is 1. The number of hydrogen-bond acceptors (Lipinski definition) is 2. The van der Waals surface area contributed by atoms with Crippen LogP contribution < -0.4 is 5.32 Å². The smallest absolute Gasteiger partial charge is 0.226 e. The largest absolute Gasteiger partial charge is 0.333 e. The third-order valence-corrected chi connectivity index (χ3v) is 1.90.